The Morgan fingerprint density at radius 3 is 2.33 bits per heavy atom. The molecule has 0 aliphatic rings. The maximum atomic E-state index is 5.97. The fourth-order valence-corrected chi connectivity index (χ4v) is 1.76. The van der Waals surface area contributed by atoms with E-state index in [0.29, 0.717) is 12.0 Å². The molecule has 1 aromatic carbocycles. The SMILES string of the molecule is CCCC(CC(C)C)Oc1ccccc1. The van der Waals surface area contributed by atoms with Gasteiger partial charge in [-0.3, -0.25) is 0 Å². The molecule has 0 bridgehead atoms. The van der Waals surface area contributed by atoms with Gasteiger partial charge in [0, 0.05) is 0 Å². The molecule has 0 radical (unpaired) electrons. The molecule has 84 valence electrons. The summed E-state index contributed by atoms with van der Waals surface area (Å²) in [7, 11) is 0. The molecule has 0 saturated carbocycles. The van der Waals surface area contributed by atoms with Gasteiger partial charge in [0.25, 0.3) is 0 Å². The number of hydrogen-bond acceptors (Lipinski definition) is 1. The van der Waals surface area contributed by atoms with Crippen molar-refractivity contribution in [2.75, 3.05) is 0 Å². The van der Waals surface area contributed by atoms with E-state index in [4.69, 9.17) is 4.74 Å². The minimum Gasteiger partial charge on any atom is -0.490 e. The van der Waals surface area contributed by atoms with E-state index in [2.05, 4.69) is 20.8 Å². The second-order valence-electron chi connectivity index (χ2n) is 4.47. The van der Waals surface area contributed by atoms with E-state index >= 15 is 0 Å². The molecule has 0 heterocycles. The van der Waals surface area contributed by atoms with Crippen LogP contribution in [0.3, 0.4) is 0 Å². The summed E-state index contributed by atoms with van der Waals surface area (Å²) in [5, 5.41) is 0. The topological polar surface area (TPSA) is 9.23 Å². The minimum atomic E-state index is 0.373. The maximum absolute atomic E-state index is 5.97. The van der Waals surface area contributed by atoms with E-state index in [9.17, 15) is 0 Å². The lowest BCUT2D eigenvalue weighted by atomic mass is 10.0. The third-order valence-electron chi connectivity index (χ3n) is 2.39. The molecular weight excluding hydrogens is 184 g/mol. The van der Waals surface area contributed by atoms with E-state index < -0.39 is 0 Å². The van der Waals surface area contributed by atoms with Crippen LogP contribution in [0.15, 0.2) is 30.3 Å². The van der Waals surface area contributed by atoms with Gasteiger partial charge in [-0.15, -0.1) is 0 Å². The van der Waals surface area contributed by atoms with Gasteiger partial charge in [-0.05, 0) is 30.9 Å². The van der Waals surface area contributed by atoms with Crippen LogP contribution in [-0.2, 0) is 0 Å². The van der Waals surface area contributed by atoms with Gasteiger partial charge in [-0.25, -0.2) is 0 Å². The second kappa shape index (κ2) is 6.49. The zero-order valence-electron chi connectivity index (χ0n) is 10.1. The largest absolute Gasteiger partial charge is 0.490 e. The highest BCUT2D eigenvalue weighted by Crippen LogP contribution is 2.18. The van der Waals surface area contributed by atoms with Crippen molar-refractivity contribution in [2.24, 2.45) is 5.92 Å². The summed E-state index contributed by atoms with van der Waals surface area (Å²) >= 11 is 0. The molecule has 0 amide bonds. The Morgan fingerprint density at radius 2 is 1.80 bits per heavy atom. The number of ether oxygens (including phenoxy) is 1. The standard InChI is InChI=1S/C14H22O/c1-4-8-14(11-12(2)3)15-13-9-6-5-7-10-13/h5-7,9-10,12,14H,4,8,11H2,1-3H3. The highest BCUT2D eigenvalue weighted by atomic mass is 16.5. The average molecular weight is 206 g/mol. The zero-order chi connectivity index (χ0) is 11.1. The first-order valence-electron chi connectivity index (χ1n) is 5.94. The Hall–Kier alpha value is -0.980. The highest BCUT2D eigenvalue weighted by molar-refractivity contribution is 5.21. The Kier molecular flexibility index (Phi) is 5.23. The van der Waals surface area contributed by atoms with Crippen molar-refractivity contribution in [3.05, 3.63) is 30.3 Å². The summed E-state index contributed by atoms with van der Waals surface area (Å²) in [5.74, 6) is 1.70. The van der Waals surface area contributed by atoms with Gasteiger partial charge in [0.2, 0.25) is 0 Å². The van der Waals surface area contributed by atoms with E-state index in [1.54, 1.807) is 0 Å². The first-order valence-corrected chi connectivity index (χ1v) is 5.94. The van der Waals surface area contributed by atoms with E-state index in [1.165, 1.54) is 6.42 Å². The predicted octanol–water partition coefficient (Wildman–Crippen LogP) is 4.28. The first-order chi connectivity index (χ1) is 7.22. The molecule has 15 heavy (non-hydrogen) atoms. The lowest BCUT2D eigenvalue weighted by molar-refractivity contribution is 0.163. The van der Waals surface area contributed by atoms with Crippen molar-refractivity contribution in [2.45, 2.75) is 46.1 Å². The summed E-state index contributed by atoms with van der Waals surface area (Å²) in [5.41, 5.74) is 0. The van der Waals surface area contributed by atoms with Crippen LogP contribution in [0.4, 0.5) is 0 Å². The summed E-state index contributed by atoms with van der Waals surface area (Å²) in [4.78, 5) is 0. The quantitative estimate of drug-likeness (QED) is 0.675. The molecule has 0 spiro atoms. The summed E-state index contributed by atoms with van der Waals surface area (Å²) in [6.45, 7) is 6.70. The molecule has 1 unspecified atom stereocenters. The van der Waals surface area contributed by atoms with Crippen molar-refractivity contribution in [3.8, 4) is 5.75 Å². The van der Waals surface area contributed by atoms with Crippen LogP contribution >= 0.6 is 0 Å². The Labute approximate surface area is 93.5 Å². The van der Waals surface area contributed by atoms with Crippen LogP contribution in [0.5, 0.6) is 5.75 Å². The third-order valence-corrected chi connectivity index (χ3v) is 2.39. The highest BCUT2D eigenvalue weighted by Gasteiger charge is 2.11. The van der Waals surface area contributed by atoms with Crippen molar-refractivity contribution < 1.29 is 4.74 Å². The molecule has 1 rings (SSSR count). The van der Waals surface area contributed by atoms with Gasteiger partial charge in [-0.1, -0.05) is 45.4 Å². The first kappa shape index (κ1) is 12.1. The number of rotatable bonds is 6. The molecule has 0 aliphatic heterocycles. The molecule has 0 saturated heterocycles. The summed E-state index contributed by atoms with van der Waals surface area (Å²) in [6.07, 6.45) is 3.84. The predicted molar refractivity (Wildman–Crippen MR) is 65.2 cm³/mol. The van der Waals surface area contributed by atoms with E-state index in [-0.39, 0.29) is 0 Å². The number of para-hydroxylation sites is 1. The summed E-state index contributed by atoms with van der Waals surface area (Å²) in [6, 6.07) is 10.1. The second-order valence-corrected chi connectivity index (χ2v) is 4.47. The third kappa shape index (κ3) is 4.87. The molecule has 0 aliphatic carbocycles. The van der Waals surface area contributed by atoms with Crippen LogP contribution in [0.1, 0.15) is 40.0 Å². The fourth-order valence-electron chi connectivity index (χ4n) is 1.76. The van der Waals surface area contributed by atoms with Crippen LogP contribution < -0.4 is 4.74 Å². The van der Waals surface area contributed by atoms with Gasteiger partial charge in [0.15, 0.2) is 0 Å². The molecule has 0 N–H and O–H groups in total. The smallest absolute Gasteiger partial charge is 0.119 e. The average Bonchev–Trinajstić information content (AvgIpc) is 2.18. The maximum Gasteiger partial charge on any atom is 0.119 e. The molecule has 0 fully saturated rings. The Balaban J connectivity index is 2.50. The normalized spacial score (nSPS) is 12.8. The molecule has 1 atom stereocenters. The minimum absolute atomic E-state index is 0.373. The Bertz CT molecular complexity index is 253. The van der Waals surface area contributed by atoms with Crippen molar-refractivity contribution in [3.63, 3.8) is 0 Å². The van der Waals surface area contributed by atoms with Crippen molar-refractivity contribution in [1.29, 1.82) is 0 Å². The lowest BCUT2D eigenvalue weighted by Crippen LogP contribution is -2.18. The van der Waals surface area contributed by atoms with Crippen LogP contribution in [-0.4, -0.2) is 6.10 Å². The van der Waals surface area contributed by atoms with Crippen molar-refractivity contribution >= 4 is 0 Å². The van der Waals surface area contributed by atoms with Gasteiger partial charge in [0.1, 0.15) is 5.75 Å². The van der Waals surface area contributed by atoms with E-state index in [0.717, 1.165) is 18.6 Å². The molecule has 1 aromatic rings. The fraction of sp³-hybridized carbons (Fsp3) is 0.571. The molecular formula is C14H22O. The van der Waals surface area contributed by atoms with E-state index in [1.807, 2.05) is 30.3 Å². The van der Waals surface area contributed by atoms with Gasteiger partial charge >= 0.3 is 0 Å². The monoisotopic (exact) mass is 206 g/mol. The van der Waals surface area contributed by atoms with Gasteiger partial charge in [0.05, 0.1) is 6.10 Å². The van der Waals surface area contributed by atoms with Crippen molar-refractivity contribution in [1.82, 2.24) is 0 Å². The molecule has 1 heteroatoms. The number of benzene rings is 1. The molecule has 0 aromatic heterocycles. The summed E-state index contributed by atoms with van der Waals surface area (Å²) < 4.78 is 5.97. The van der Waals surface area contributed by atoms with Gasteiger partial charge < -0.3 is 4.74 Å². The lowest BCUT2D eigenvalue weighted by Gasteiger charge is -2.20. The zero-order valence-corrected chi connectivity index (χ0v) is 10.1. The number of hydrogen-bond donors (Lipinski definition) is 0. The van der Waals surface area contributed by atoms with Crippen LogP contribution in [0.2, 0.25) is 0 Å². The molecule has 1 nitrogen and oxygen atoms in total. The van der Waals surface area contributed by atoms with Crippen LogP contribution in [0.25, 0.3) is 0 Å². The Morgan fingerprint density at radius 1 is 1.13 bits per heavy atom. The van der Waals surface area contributed by atoms with Gasteiger partial charge in [-0.2, -0.15) is 0 Å². The van der Waals surface area contributed by atoms with Crippen LogP contribution in [0, 0.1) is 5.92 Å².